The number of aromatic nitrogens is 1. The van der Waals surface area contributed by atoms with Crippen LogP contribution < -0.4 is 4.74 Å². The molecule has 1 aliphatic rings. The summed E-state index contributed by atoms with van der Waals surface area (Å²) >= 11 is 6.15. The van der Waals surface area contributed by atoms with Crippen LogP contribution in [0.3, 0.4) is 0 Å². The van der Waals surface area contributed by atoms with Crippen molar-refractivity contribution < 1.29 is 9.53 Å². The smallest absolute Gasteiger partial charge is 0.254 e. The largest absolute Gasteiger partial charge is 0.497 e. The monoisotopic (exact) mass is 409 g/mol. The molecule has 0 aliphatic carbocycles. The summed E-state index contributed by atoms with van der Waals surface area (Å²) in [7, 11) is 1.68. The predicted molar refractivity (Wildman–Crippen MR) is 116 cm³/mol. The van der Waals surface area contributed by atoms with E-state index in [1.54, 1.807) is 13.2 Å². The average molecular weight is 410 g/mol. The van der Waals surface area contributed by atoms with Crippen molar-refractivity contribution in [3.05, 3.63) is 70.9 Å². The molecule has 1 aliphatic heterocycles. The van der Waals surface area contributed by atoms with Crippen molar-refractivity contribution in [3.8, 4) is 5.75 Å². The first-order chi connectivity index (χ1) is 14.1. The van der Waals surface area contributed by atoms with Crippen LogP contribution in [0.15, 0.2) is 54.6 Å². The van der Waals surface area contributed by atoms with Crippen LogP contribution in [0.4, 0.5) is 0 Å². The van der Waals surface area contributed by atoms with E-state index in [1.807, 2.05) is 41.3 Å². The lowest BCUT2D eigenvalue weighted by molar-refractivity contribution is 0.0640. The molecule has 1 fully saturated rings. The minimum Gasteiger partial charge on any atom is -0.497 e. The summed E-state index contributed by atoms with van der Waals surface area (Å²) in [5.41, 5.74) is 2.68. The summed E-state index contributed by atoms with van der Waals surface area (Å²) in [4.78, 5) is 21.8. The van der Waals surface area contributed by atoms with Crippen LogP contribution in [0.1, 0.15) is 15.9 Å². The summed E-state index contributed by atoms with van der Waals surface area (Å²) in [6.45, 7) is 4.17. The highest BCUT2D eigenvalue weighted by molar-refractivity contribution is 6.30. The van der Waals surface area contributed by atoms with Crippen molar-refractivity contribution in [3.63, 3.8) is 0 Å². The van der Waals surface area contributed by atoms with Crippen LogP contribution in [0.25, 0.3) is 10.9 Å². The van der Waals surface area contributed by atoms with Crippen molar-refractivity contribution in [1.29, 1.82) is 0 Å². The van der Waals surface area contributed by atoms with E-state index >= 15 is 0 Å². The number of ether oxygens (including phenoxy) is 1. The van der Waals surface area contributed by atoms with Crippen LogP contribution in [-0.4, -0.2) is 60.5 Å². The number of fused-ring (bicyclic) bond motifs is 1. The third kappa shape index (κ3) is 4.52. The molecule has 1 saturated heterocycles. The molecule has 0 atom stereocenters. The molecule has 4 rings (SSSR count). The fourth-order valence-corrected chi connectivity index (χ4v) is 3.94. The Morgan fingerprint density at radius 2 is 1.79 bits per heavy atom. The lowest BCUT2D eigenvalue weighted by Crippen LogP contribution is -2.49. The van der Waals surface area contributed by atoms with Crippen molar-refractivity contribution >= 4 is 28.4 Å². The minimum absolute atomic E-state index is 0.0281. The Bertz CT molecular complexity index is 999. The van der Waals surface area contributed by atoms with E-state index < -0.39 is 0 Å². The molecule has 0 saturated carbocycles. The maximum atomic E-state index is 13.1. The maximum absolute atomic E-state index is 13.1. The topological polar surface area (TPSA) is 45.7 Å². The number of carbonyl (C=O) groups is 1. The van der Waals surface area contributed by atoms with Crippen LogP contribution >= 0.6 is 11.6 Å². The molecule has 5 nitrogen and oxygen atoms in total. The second-order valence-electron chi connectivity index (χ2n) is 7.24. The number of pyridine rings is 1. The van der Waals surface area contributed by atoms with Crippen molar-refractivity contribution in [2.24, 2.45) is 0 Å². The van der Waals surface area contributed by atoms with Crippen molar-refractivity contribution in [2.75, 3.05) is 39.8 Å². The van der Waals surface area contributed by atoms with E-state index in [0.717, 1.165) is 55.8 Å². The highest BCUT2D eigenvalue weighted by Gasteiger charge is 2.23. The highest BCUT2D eigenvalue weighted by Crippen LogP contribution is 2.23. The van der Waals surface area contributed by atoms with Gasteiger partial charge in [-0.05, 0) is 36.2 Å². The highest BCUT2D eigenvalue weighted by atomic mass is 35.5. The number of amides is 1. The number of halogens is 1. The van der Waals surface area contributed by atoms with Crippen LogP contribution in [-0.2, 0) is 6.42 Å². The van der Waals surface area contributed by atoms with Gasteiger partial charge in [0.15, 0.2) is 0 Å². The number of para-hydroxylation sites is 1. The Balaban J connectivity index is 1.36. The standard InChI is InChI=1S/C23H24ClN3O2/c1-29-18-8-6-17(7-9-18)10-11-26-12-14-27(15-13-26)23(28)20-16-22(24)25-21-5-3-2-4-19(20)21/h2-9,16H,10-15H2,1H3. The molecule has 0 radical (unpaired) electrons. The second kappa shape index (κ2) is 8.80. The van der Waals surface area contributed by atoms with Crippen LogP contribution in [0.5, 0.6) is 5.75 Å². The van der Waals surface area contributed by atoms with E-state index in [9.17, 15) is 4.79 Å². The molecule has 0 unspecified atom stereocenters. The van der Waals surface area contributed by atoms with Gasteiger partial charge in [-0.1, -0.05) is 41.9 Å². The number of benzene rings is 2. The number of piperazine rings is 1. The fraction of sp³-hybridized carbons (Fsp3) is 0.304. The summed E-state index contributed by atoms with van der Waals surface area (Å²) in [5.74, 6) is 0.907. The minimum atomic E-state index is 0.0281. The van der Waals surface area contributed by atoms with Gasteiger partial charge in [0.05, 0.1) is 18.2 Å². The lowest BCUT2D eigenvalue weighted by atomic mass is 10.1. The average Bonchev–Trinajstić information content (AvgIpc) is 2.77. The normalized spacial score (nSPS) is 14.9. The molecule has 0 bridgehead atoms. The zero-order chi connectivity index (χ0) is 20.2. The number of carbonyl (C=O) groups excluding carboxylic acids is 1. The molecule has 1 amide bonds. The number of hydrogen-bond acceptors (Lipinski definition) is 4. The number of methoxy groups -OCH3 is 1. The molecule has 0 N–H and O–H groups in total. The van der Waals surface area contributed by atoms with Gasteiger partial charge < -0.3 is 9.64 Å². The maximum Gasteiger partial charge on any atom is 0.254 e. The second-order valence-corrected chi connectivity index (χ2v) is 7.63. The zero-order valence-corrected chi connectivity index (χ0v) is 17.2. The van der Waals surface area contributed by atoms with Gasteiger partial charge in [-0.25, -0.2) is 4.98 Å². The molecule has 3 aromatic rings. The third-order valence-electron chi connectivity index (χ3n) is 5.45. The first kappa shape index (κ1) is 19.7. The quantitative estimate of drug-likeness (QED) is 0.599. The van der Waals surface area contributed by atoms with Crippen molar-refractivity contribution in [2.45, 2.75) is 6.42 Å². The Labute approximate surface area is 175 Å². The molecule has 1 aromatic heterocycles. The van der Waals surface area contributed by atoms with E-state index in [-0.39, 0.29) is 5.91 Å². The number of nitrogens with zero attached hydrogens (tertiary/aromatic N) is 3. The van der Waals surface area contributed by atoms with Gasteiger partial charge in [-0.15, -0.1) is 0 Å². The third-order valence-corrected chi connectivity index (χ3v) is 5.64. The van der Waals surface area contributed by atoms with Crippen LogP contribution in [0, 0.1) is 0 Å². The Morgan fingerprint density at radius 1 is 1.07 bits per heavy atom. The molecule has 150 valence electrons. The van der Waals surface area contributed by atoms with Crippen molar-refractivity contribution in [1.82, 2.24) is 14.8 Å². The van der Waals surface area contributed by atoms with Gasteiger partial charge in [0.25, 0.3) is 5.91 Å². The molecule has 29 heavy (non-hydrogen) atoms. The number of hydrogen-bond donors (Lipinski definition) is 0. The van der Waals surface area contributed by atoms with E-state index in [0.29, 0.717) is 10.7 Å². The SMILES string of the molecule is COc1ccc(CCN2CCN(C(=O)c3cc(Cl)nc4ccccc34)CC2)cc1. The summed E-state index contributed by atoms with van der Waals surface area (Å²) in [6, 6.07) is 17.5. The van der Waals surface area contributed by atoms with E-state index in [1.165, 1.54) is 5.56 Å². The van der Waals surface area contributed by atoms with Gasteiger partial charge in [0.2, 0.25) is 0 Å². The molecular weight excluding hydrogens is 386 g/mol. The van der Waals surface area contributed by atoms with Gasteiger partial charge in [-0.3, -0.25) is 9.69 Å². The molecule has 6 heteroatoms. The Kier molecular flexibility index (Phi) is 5.97. The first-order valence-corrected chi connectivity index (χ1v) is 10.2. The first-order valence-electron chi connectivity index (χ1n) is 9.84. The van der Waals surface area contributed by atoms with Crippen LogP contribution in [0.2, 0.25) is 5.15 Å². The molecule has 2 aromatic carbocycles. The Morgan fingerprint density at radius 3 is 2.52 bits per heavy atom. The fourth-order valence-electron chi connectivity index (χ4n) is 3.74. The van der Waals surface area contributed by atoms with Gasteiger partial charge in [-0.2, -0.15) is 0 Å². The molecule has 2 heterocycles. The van der Waals surface area contributed by atoms with Gasteiger partial charge >= 0.3 is 0 Å². The Hall–Kier alpha value is -2.63. The summed E-state index contributed by atoms with van der Waals surface area (Å²) < 4.78 is 5.21. The lowest BCUT2D eigenvalue weighted by Gasteiger charge is -2.35. The molecule has 0 spiro atoms. The van der Waals surface area contributed by atoms with Gasteiger partial charge in [0.1, 0.15) is 10.9 Å². The number of rotatable bonds is 5. The summed E-state index contributed by atoms with van der Waals surface area (Å²) in [5, 5.41) is 1.20. The molecular formula is C23H24ClN3O2. The summed E-state index contributed by atoms with van der Waals surface area (Å²) in [6.07, 6.45) is 0.989. The zero-order valence-electron chi connectivity index (χ0n) is 16.5. The van der Waals surface area contributed by atoms with E-state index in [2.05, 4.69) is 22.0 Å². The van der Waals surface area contributed by atoms with Gasteiger partial charge in [0, 0.05) is 38.1 Å². The van der Waals surface area contributed by atoms with E-state index in [4.69, 9.17) is 16.3 Å². The predicted octanol–water partition coefficient (Wildman–Crippen LogP) is 3.90.